The Morgan fingerprint density at radius 3 is 2.10 bits per heavy atom. The molecule has 0 spiro atoms. The molecule has 1 heterocycles. The Morgan fingerprint density at radius 1 is 0.854 bits per heavy atom. The number of rotatable bonds is 13. The van der Waals surface area contributed by atoms with Gasteiger partial charge in [-0.3, -0.25) is 9.59 Å². The first kappa shape index (κ1) is 29.5. The third-order valence-corrected chi connectivity index (χ3v) is 6.77. The van der Waals surface area contributed by atoms with Crippen molar-refractivity contribution < 1.29 is 23.9 Å². The van der Waals surface area contributed by atoms with Gasteiger partial charge in [0.25, 0.3) is 5.90 Å². The number of hydrogen-bond acceptors (Lipinski definition) is 6. The molecule has 214 valence electrons. The smallest absolute Gasteiger partial charge is 0.408 e. The van der Waals surface area contributed by atoms with Crippen molar-refractivity contribution in [2.45, 2.75) is 57.8 Å². The highest BCUT2D eigenvalue weighted by molar-refractivity contribution is 6.39. The molecule has 2 amide bonds. The van der Waals surface area contributed by atoms with E-state index in [1.807, 2.05) is 105 Å². The molecule has 1 aliphatic heterocycles. The van der Waals surface area contributed by atoms with E-state index in [9.17, 15) is 14.4 Å². The number of nitrogens with zero attached hydrogens (tertiary/aromatic N) is 1. The first-order valence-corrected chi connectivity index (χ1v) is 14.0. The molecule has 1 aliphatic rings. The van der Waals surface area contributed by atoms with Crippen LogP contribution in [0, 0.1) is 5.92 Å². The van der Waals surface area contributed by atoms with Gasteiger partial charge in [0.05, 0.1) is 6.04 Å². The summed E-state index contributed by atoms with van der Waals surface area (Å²) >= 11 is 0. The van der Waals surface area contributed by atoms with Crippen LogP contribution >= 0.6 is 0 Å². The molecule has 0 fully saturated rings. The summed E-state index contributed by atoms with van der Waals surface area (Å²) in [6.45, 7) is 4.26. The molecule has 0 saturated heterocycles. The van der Waals surface area contributed by atoms with Crippen LogP contribution in [0.4, 0.5) is 4.79 Å². The van der Waals surface area contributed by atoms with Crippen molar-refractivity contribution in [3.63, 3.8) is 0 Å². The molecule has 0 aromatic heterocycles. The molecule has 0 aliphatic carbocycles. The first-order valence-electron chi connectivity index (χ1n) is 14.0. The highest BCUT2D eigenvalue weighted by atomic mass is 16.5. The summed E-state index contributed by atoms with van der Waals surface area (Å²) in [5.41, 5.74) is 2.83. The van der Waals surface area contributed by atoms with Crippen molar-refractivity contribution in [1.29, 1.82) is 0 Å². The Labute approximate surface area is 241 Å². The van der Waals surface area contributed by atoms with Gasteiger partial charge in [0.1, 0.15) is 25.3 Å². The molecule has 41 heavy (non-hydrogen) atoms. The minimum absolute atomic E-state index is 0.00727. The van der Waals surface area contributed by atoms with Crippen molar-refractivity contribution in [1.82, 2.24) is 10.6 Å². The van der Waals surface area contributed by atoms with Crippen LogP contribution in [0.15, 0.2) is 96.0 Å². The normalized spacial score (nSPS) is 15.8. The van der Waals surface area contributed by atoms with Gasteiger partial charge in [0, 0.05) is 0 Å². The van der Waals surface area contributed by atoms with E-state index in [4.69, 9.17) is 9.47 Å². The summed E-state index contributed by atoms with van der Waals surface area (Å²) < 4.78 is 11.1. The summed E-state index contributed by atoms with van der Waals surface area (Å²) in [5, 5.41) is 5.57. The lowest BCUT2D eigenvalue weighted by Crippen LogP contribution is -2.53. The first-order chi connectivity index (χ1) is 19.9. The summed E-state index contributed by atoms with van der Waals surface area (Å²) in [7, 11) is 0. The predicted octanol–water partition coefficient (Wildman–Crippen LogP) is 5.18. The zero-order chi connectivity index (χ0) is 29.0. The molecule has 4 rings (SSSR count). The maximum absolute atomic E-state index is 13.6. The Kier molecular flexibility index (Phi) is 10.7. The number of ether oxygens (including phenoxy) is 2. The van der Waals surface area contributed by atoms with Crippen LogP contribution in [-0.2, 0) is 32.1 Å². The quantitative estimate of drug-likeness (QED) is 0.302. The van der Waals surface area contributed by atoms with Crippen LogP contribution in [0.5, 0.6) is 0 Å². The molecule has 3 aromatic carbocycles. The predicted molar refractivity (Wildman–Crippen MR) is 157 cm³/mol. The second-order valence-corrected chi connectivity index (χ2v) is 10.5. The Hall–Kier alpha value is -4.46. The zero-order valence-electron chi connectivity index (χ0n) is 23.5. The lowest BCUT2D eigenvalue weighted by molar-refractivity contribution is -0.127. The van der Waals surface area contributed by atoms with Gasteiger partial charge in [0.15, 0.2) is 0 Å². The minimum Gasteiger partial charge on any atom is -0.473 e. The summed E-state index contributed by atoms with van der Waals surface area (Å²) in [6.07, 6.45) is 0.587. The van der Waals surface area contributed by atoms with E-state index in [1.54, 1.807) is 0 Å². The second kappa shape index (κ2) is 14.8. The number of benzene rings is 3. The zero-order valence-corrected chi connectivity index (χ0v) is 23.5. The number of Topliss-reactive ketones (excluding diaryl/α,β-unsaturated/α-hetero) is 1. The molecule has 0 bridgehead atoms. The van der Waals surface area contributed by atoms with Crippen LogP contribution in [-0.4, -0.2) is 42.4 Å². The lowest BCUT2D eigenvalue weighted by Gasteiger charge is -2.23. The SMILES string of the molecule is CC(C)CC(NC(=O)OCc1ccccc1)C(=O)NC(CCc1ccccc1)C(=O)C1=N[C@@H](c2ccccc2)CO1. The largest absolute Gasteiger partial charge is 0.473 e. The summed E-state index contributed by atoms with van der Waals surface area (Å²) in [4.78, 5) is 44.3. The van der Waals surface area contributed by atoms with Crippen molar-refractivity contribution in [2.24, 2.45) is 10.9 Å². The summed E-state index contributed by atoms with van der Waals surface area (Å²) in [5.74, 6) is -0.733. The molecule has 3 atom stereocenters. The fourth-order valence-corrected chi connectivity index (χ4v) is 4.61. The number of aliphatic imine (C=N–C) groups is 1. The number of nitrogens with one attached hydrogen (secondary N) is 2. The Morgan fingerprint density at radius 2 is 1.46 bits per heavy atom. The van der Waals surface area contributed by atoms with Crippen molar-refractivity contribution in [2.75, 3.05) is 6.61 Å². The third-order valence-electron chi connectivity index (χ3n) is 6.77. The van der Waals surface area contributed by atoms with Gasteiger partial charge in [-0.25, -0.2) is 9.79 Å². The maximum atomic E-state index is 13.6. The number of aryl methyl sites for hydroxylation is 1. The molecule has 2 unspecified atom stereocenters. The lowest BCUT2D eigenvalue weighted by atomic mass is 9.99. The minimum atomic E-state index is -0.882. The average Bonchev–Trinajstić information content (AvgIpc) is 3.49. The number of amides is 2. The van der Waals surface area contributed by atoms with E-state index >= 15 is 0 Å². The number of carbonyl (C=O) groups excluding carboxylic acids is 3. The van der Waals surface area contributed by atoms with Gasteiger partial charge in [-0.1, -0.05) is 105 Å². The van der Waals surface area contributed by atoms with Gasteiger partial charge in [-0.15, -0.1) is 0 Å². The van der Waals surface area contributed by atoms with E-state index in [0.717, 1.165) is 16.7 Å². The van der Waals surface area contributed by atoms with Crippen molar-refractivity contribution in [3.05, 3.63) is 108 Å². The fourth-order valence-electron chi connectivity index (χ4n) is 4.61. The molecule has 3 aromatic rings. The van der Waals surface area contributed by atoms with Crippen molar-refractivity contribution in [3.8, 4) is 0 Å². The van der Waals surface area contributed by atoms with Gasteiger partial charge >= 0.3 is 6.09 Å². The fraction of sp³-hybridized carbons (Fsp3) is 0.333. The molecular weight excluding hydrogens is 518 g/mol. The van der Waals surface area contributed by atoms with E-state index < -0.39 is 24.1 Å². The highest BCUT2D eigenvalue weighted by Gasteiger charge is 2.33. The van der Waals surface area contributed by atoms with E-state index in [0.29, 0.717) is 19.3 Å². The maximum Gasteiger partial charge on any atom is 0.408 e. The molecule has 2 N–H and O–H groups in total. The van der Waals surface area contributed by atoms with E-state index in [2.05, 4.69) is 15.6 Å². The second-order valence-electron chi connectivity index (χ2n) is 10.5. The Bertz CT molecular complexity index is 1310. The van der Waals surface area contributed by atoms with Gasteiger partial charge in [-0.05, 0) is 41.9 Å². The molecule has 8 heteroatoms. The highest BCUT2D eigenvalue weighted by Crippen LogP contribution is 2.23. The molecule has 0 radical (unpaired) electrons. The van der Waals surface area contributed by atoms with Gasteiger partial charge in [-0.2, -0.15) is 0 Å². The average molecular weight is 556 g/mol. The molecular formula is C33H37N3O5. The van der Waals surface area contributed by atoms with Crippen LogP contribution in [0.1, 0.15) is 49.4 Å². The van der Waals surface area contributed by atoms with Crippen LogP contribution < -0.4 is 10.6 Å². The molecule has 0 saturated carbocycles. The number of hydrogen-bond donors (Lipinski definition) is 2. The van der Waals surface area contributed by atoms with E-state index in [1.165, 1.54) is 0 Å². The third kappa shape index (κ3) is 9.03. The monoisotopic (exact) mass is 555 g/mol. The van der Waals surface area contributed by atoms with Crippen LogP contribution in [0.25, 0.3) is 0 Å². The van der Waals surface area contributed by atoms with E-state index in [-0.39, 0.29) is 36.9 Å². The van der Waals surface area contributed by atoms with Gasteiger partial charge in [0.2, 0.25) is 11.7 Å². The molecule has 8 nitrogen and oxygen atoms in total. The van der Waals surface area contributed by atoms with Gasteiger partial charge < -0.3 is 20.1 Å². The topological polar surface area (TPSA) is 106 Å². The number of ketones is 1. The van der Waals surface area contributed by atoms with Crippen LogP contribution in [0.2, 0.25) is 0 Å². The van der Waals surface area contributed by atoms with Crippen LogP contribution in [0.3, 0.4) is 0 Å². The Balaban J connectivity index is 1.46. The standard InChI is InChI=1S/C33H37N3O5/c1-23(2)20-28(36-33(39)41-21-25-14-8-4-9-15-25)31(38)34-27(19-18-24-12-6-3-7-13-24)30(37)32-35-29(22-40-32)26-16-10-5-11-17-26/h3-17,23,27-29H,18-22H2,1-2H3,(H,34,38)(H,36,39)/t27?,28?,29-/m1/s1. The number of carbonyl (C=O) groups is 3. The van der Waals surface area contributed by atoms with Crippen molar-refractivity contribution >= 4 is 23.7 Å². The summed E-state index contributed by atoms with van der Waals surface area (Å²) in [6, 6.07) is 26.6. The number of alkyl carbamates (subject to hydrolysis) is 1.